The molecule has 0 aliphatic carbocycles. The summed E-state index contributed by atoms with van der Waals surface area (Å²) in [5.74, 6) is 0.0387. The first-order chi connectivity index (χ1) is 19.0. The van der Waals surface area contributed by atoms with Crippen LogP contribution >= 0.6 is 0 Å². The Bertz CT molecular complexity index is 1370. The maximum atomic E-state index is 13.6. The van der Waals surface area contributed by atoms with E-state index in [9.17, 15) is 14.0 Å². The van der Waals surface area contributed by atoms with Crippen molar-refractivity contribution in [1.29, 1.82) is 0 Å². The zero-order valence-electron chi connectivity index (χ0n) is 22.4. The third-order valence-corrected chi connectivity index (χ3v) is 6.72. The summed E-state index contributed by atoms with van der Waals surface area (Å²) in [6.45, 7) is 1.29. The van der Waals surface area contributed by atoms with Crippen LogP contribution in [-0.4, -0.2) is 67.1 Å². The van der Waals surface area contributed by atoms with Crippen LogP contribution in [0, 0.1) is 5.82 Å². The van der Waals surface area contributed by atoms with Gasteiger partial charge in [-0.1, -0.05) is 42.5 Å². The summed E-state index contributed by atoms with van der Waals surface area (Å²) in [6.07, 6.45) is 2.76. The number of carbonyl (C=O) groups is 2. The lowest BCUT2D eigenvalue weighted by atomic mass is 10.1. The predicted octanol–water partition coefficient (Wildman–Crippen LogP) is 4.60. The monoisotopic (exact) mass is 531 g/mol. The van der Waals surface area contributed by atoms with Gasteiger partial charge in [-0.15, -0.1) is 0 Å². The van der Waals surface area contributed by atoms with Gasteiger partial charge in [0.15, 0.2) is 0 Å². The molecule has 0 bridgehead atoms. The van der Waals surface area contributed by atoms with Gasteiger partial charge in [0.25, 0.3) is 0 Å². The molecule has 0 fully saturated rings. The highest BCUT2D eigenvalue weighted by atomic mass is 19.1. The van der Waals surface area contributed by atoms with E-state index in [1.807, 2.05) is 48.7 Å². The molecule has 0 atom stereocenters. The fourth-order valence-corrected chi connectivity index (χ4v) is 4.48. The van der Waals surface area contributed by atoms with Crippen molar-refractivity contribution >= 4 is 22.7 Å². The van der Waals surface area contributed by atoms with Gasteiger partial charge in [0.2, 0.25) is 11.8 Å². The minimum Gasteiger partial charge on any atom is -0.497 e. The number of nitrogens with one attached hydrogen (secondary N) is 1. The Morgan fingerprint density at radius 1 is 0.846 bits per heavy atom. The average Bonchev–Trinajstić information content (AvgIpc) is 3.37. The van der Waals surface area contributed by atoms with Crippen molar-refractivity contribution in [3.05, 3.63) is 102 Å². The van der Waals surface area contributed by atoms with Gasteiger partial charge in [-0.25, -0.2) is 4.39 Å². The van der Waals surface area contributed by atoms with Crippen molar-refractivity contribution in [1.82, 2.24) is 14.8 Å². The molecule has 4 aromatic rings. The molecular weight excluding hydrogens is 497 g/mol. The van der Waals surface area contributed by atoms with Crippen molar-refractivity contribution < 1.29 is 23.5 Å². The van der Waals surface area contributed by atoms with E-state index in [4.69, 9.17) is 9.47 Å². The summed E-state index contributed by atoms with van der Waals surface area (Å²) in [5, 5.41) is 1.11. The lowest BCUT2D eigenvalue weighted by molar-refractivity contribution is -0.141. The highest BCUT2D eigenvalue weighted by molar-refractivity contribution is 5.86. The minimum absolute atomic E-state index is 0.0760. The first kappa shape index (κ1) is 27.9. The van der Waals surface area contributed by atoms with E-state index < -0.39 is 0 Å². The van der Waals surface area contributed by atoms with Gasteiger partial charge in [-0.05, 0) is 53.4 Å². The Labute approximate surface area is 228 Å². The number of H-pyrrole nitrogens is 1. The van der Waals surface area contributed by atoms with Gasteiger partial charge in [0.1, 0.15) is 11.6 Å². The van der Waals surface area contributed by atoms with Crippen molar-refractivity contribution in [2.24, 2.45) is 0 Å². The first-order valence-electron chi connectivity index (χ1n) is 12.9. The molecule has 0 saturated carbocycles. The molecule has 1 aromatic heterocycles. The van der Waals surface area contributed by atoms with Gasteiger partial charge < -0.3 is 24.3 Å². The number of halogens is 1. The number of aromatic nitrogens is 1. The van der Waals surface area contributed by atoms with Crippen LogP contribution in [0.15, 0.2) is 79.0 Å². The number of methoxy groups -OCH3 is 2. The molecule has 0 aliphatic rings. The average molecular weight is 532 g/mol. The molecule has 0 radical (unpaired) electrons. The van der Waals surface area contributed by atoms with Crippen LogP contribution in [-0.2, 0) is 33.7 Å². The molecular formula is C31H34FN3O4. The normalized spacial score (nSPS) is 10.9. The Kier molecular flexibility index (Phi) is 9.69. The molecule has 0 spiro atoms. The molecule has 1 N–H and O–H groups in total. The fraction of sp³-hybridized carbons (Fsp3) is 0.290. The second-order valence-electron chi connectivity index (χ2n) is 9.38. The Morgan fingerprint density at radius 3 is 2.28 bits per heavy atom. The maximum Gasteiger partial charge on any atom is 0.242 e. The summed E-state index contributed by atoms with van der Waals surface area (Å²) in [7, 11) is 3.16. The Hall–Kier alpha value is -4.17. The van der Waals surface area contributed by atoms with Gasteiger partial charge >= 0.3 is 0 Å². The zero-order valence-corrected chi connectivity index (χ0v) is 22.4. The molecule has 4 rings (SSSR count). The number of ether oxygens (including phenoxy) is 2. The quantitative estimate of drug-likeness (QED) is 0.274. The highest BCUT2D eigenvalue weighted by Crippen LogP contribution is 2.19. The number of aromatic amines is 1. The van der Waals surface area contributed by atoms with E-state index in [0.29, 0.717) is 38.4 Å². The van der Waals surface area contributed by atoms with Crippen molar-refractivity contribution in [3.8, 4) is 5.75 Å². The topological polar surface area (TPSA) is 74.9 Å². The predicted molar refractivity (Wildman–Crippen MR) is 149 cm³/mol. The number of carbonyl (C=O) groups excluding carboxylic acids is 2. The molecule has 3 aromatic carbocycles. The molecule has 2 amide bonds. The SMILES string of the molecule is COCCN(CC(=O)N(CCc1c[nH]c2ccccc12)Cc1ccc(F)cc1)C(=O)Cc1ccc(OC)cc1. The van der Waals surface area contributed by atoms with Gasteiger partial charge in [0, 0.05) is 43.8 Å². The van der Waals surface area contributed by atoms with Crippen molar-refractivity contribution in [2.45, 2.75) is 19.4 Å². The summed E-state index contributed by atoms with van der Waals surface area (Å²) in [5.41, 5.74) is 3.79. The third-order valence-electron chi connectivity index (χ3n) is 6.72. The first-order valence-corrected chi connectivity index (χ1v) is 12.9. The van der Waals surface area contributed by atoms with E-state index in [1.165, 1.54) is 12.1 Å². The van der Waals surface area contributed by atoms with Crippen LogP contribution in [0.4, 0.5) is 4.39 Å². The van der Waals surface area contributed by atoms with E-state index >= 15 is 0 Å². The number of rotatable bonds is 13. The second kappa shape index (κ2) is 13.6. The highest BCUT2D eigenvalue weighted by Gasteiger charge is 2.22. The number of nitrogens with zero attached hydrogens (tertiary/aromatic N) is 2. The van der Waals surface area contributed by atoms with E-state index in [2.05, 4.69) is 11.1 Å². The Morgan fingerprint density at radius 2 is 1.56 bits per heavy atom. The molecule has 0 aliphatic heterocycles. The van der Waals surface area contributed by atoms with Gasteiger partial charge in [-0.2, -0.15) is 0 Å². The van der Waals surface area contributed by atoms with Crippen LogP contribution in [0.25, 0.3) is 10.9 Å². The molecule has 8 heteroatoms. The largest absolute Gasteiger partial charge is 0.497 e. The van der Waals surface area contributed by atoms with Crippen LogP contribution in [0.3, 0.4) is 0 Å². The molecule has 1 heterocycles. The fourth-order valence-electron chi connectivity index (χ4n) is 4.48. The summed E-state index contributed by atoms with van der Waals surface area (Å²) >= 11 is 0. The summed E-state index contributed by atoms with van der Waals surface area (Å²) < 4.78 is 23.9. The maximum absolute atomic E-state index is 13.6. The number of fused-ring (bicyclic) bond motifs is 1. The molecule has 7 nitrogen and oxygen atoms in total. The molecule has 204 valence electrons. The van der Waals surface area contributed by atoms with E-state index in [1.54, 1.807) is 36.2 Å². The second-order valence-corrected chi connectivity index (χ2v) is 9.38. The Balaban J connectivity index is 1.49. The standard InChI is InChI=1S/C31H34FN3O4/c1-38-18-17-35(30(36)19-23-9-13-27(39-2)14-10-23)22-31(37)34(21-24-7-11-26(32)12-8-24)16-15-25-20-33-29-6-4-3-5-28(25)29/h3-14,20,33H,15-19,21-22H2,1-2H3. The van der Waals surface area contributed by atoms with Crippen LogP contribution < -0.4 is 4.74 Å². The summed E-state index contributed by atoms with van der Waals surface area (Å²) in [4.78, 5) is 33.4. The zero-order chi connectivity index (χ0) is 27.6. The van der Waals surface area contributed by atoms with Crippen molar-refractivity contribution in [2.75, 3.05) is 40.5 Å². The molecule has 39 heavy (non-hydrogen) atoms. The number of benzene rings is 3. The van der Waals surface area contributed by atoms with E-state index in [0.717, 1.165) is 27.6 Å². The number of hydrogen-bond donors (Lipinski definition) is 1. The van der Waals surface area contributed by atoms with E-state index in [-0.39, 0.29) is 30.6 Å². The number of hydrogen-bond acceptors (Lipinski definition) is 4. The summed E-state index contributed by atoms with van der Waals surface area (Å²) in [6, 6.07) is 21.5. The smallest absolute Gasteiger partial charge is 0.242 e. The van der Waals surface area contributed by atoms with Crippen LogP contribution in [0.1, 0.15) is 16.7 Å². The third kappa shape index (κ3) is 7.67. The number of amides is 2. The van der Waals surface area contributed by atoms with Crippen LogP contribution in [0.5, 0.6) is 5.75 Å². The van der Waals surface area contributed by atoms with Gasteiger partial charge in [-0.3, -0.25) is 9.59 Å². The van der Waals surface area contributed by atoms with Crippen LogP contribution in [0.2, 0.25) is 0 Å². The molecule has 0 saturated heterocycles. The molecule has 0 unspecified atom stereocenters. The van der Waals surface area contributed by atoms with Gasteiger partial charge in [0.05, 0.1) is 26.7 Å². The lowest BCUT2D eigenvalue weighted by Gasteiger charge is -2.28. The van der Waals surface area contributed by atoms with Crippen molar-refractivity contribution in [3.63, 3.8) is 0 Å². The number of para-hydroxylation sites is 1. The minimum atomic E-state index is -0.328. The lowest BCUT2D eigenvalue weighted by Crippen LogP contribution is -2.45.